The molecule has 1 aliphatic carbocycles. The van der Waals surface area contributed by atoms with Crippen molar-refractivity contribution in [1.29, 1.82) is 0 Å². The van der Waals surface area contributed by atoms with Crippen LogP contribution in [0.3, 0.4) is 0 Å². The summed E-state index contributed by atoms with van der Waals surface area (Å²) in [6.45, 7) is 3.97. The standard InChI is InChI=1S/C12H23N3O/c1-9(12(16)15-10-5-6-10)14-8-11-4-2-3-7-13-11/h9-11,13-14H,2-8H2,1H3,(H,15,16). The van der Waals surface area contributed by atoms with Gasteiger partial charge in [0.2, 0.25) is 5.91 Å². The van der Waals surface area contributed by atoms with E-state index in [0.29, 0.717) is 12.1 Å². The summed E-state index contributed by atoms with van der Waals surface area (Å²) in [4.78, 5) is 11.7. The topological polar surface area (TPSA) is 53.2 Å². The van der Waals surface area contributed by atoms with Crippen LogP contribution in [-0.2, 0) is 4.79 Å². The lowest BCUT2D eigenvalue weighted by Crippen LogP contribution is -2.49. The van der Waals surface area contributed by atoms with Gasteiger partial charge in [0, 0.05) is 18.6 Å². The van der Waals surface area contributed by atoms with Crippen LogP contribution in [0.2, 0.25) is 0 Å². The smallest absolute Gasteiger partial charge is 0.237 e. The van der Waals surface area contributed by atoms with Crippen LogP contribution in [-0.4, -0.2) is 37.1 Å². The number of piperidine rings is 1. The van der Waals surface area contributed by atoms with E-state index in [2.05, 4.69) is 16.0 Å². The summed E-state index contributed by atoms with van der Waals surface area (Å²) in [6.07, 6.45) is 6.13. The van der Waals surface area contributed by atoms with Gasteiger partial charge in [0.15, 0.2) is 0 Å². The predicted octanol–water partition coefficient (Wildman–Crippen LogP) is 0.385. The van der Waals surface area contributed by atoms with Gasteiger partial charge < -0.3 is 16.0 Å². The predicted molar refractivity (Wildman–Crippen MR) is 64.3 cm³/mol. The molecular weight excluding hydrogens is 202 g/mol. The van der Waals surface area contributed by atoms with Crippen LogP contribution in [0.1, 0.15) is 39.0 Å². The lowest BCUT2D eigenvalue weighted by molar-refractivity contribution is -0.122. The van der Waals surface area contributed by atoms with Gasteiger partial charge in [-0.15, -0.1) is 0 Å². The SMILES string of the molecule is CC(NCC1CCCCN1)C(=O)NC1CC1. The first-order valence-corrected chi connectivity index (χ1v) is 6.53. The molecule has 2 atom stereocenters. The fraction of sp³-hybridized carbons (Fsp3) is 0.917. The van der Waals surface area contributed by atoms with Crippen LogP contribution in [0.4, 0.5) is 0 Å². The minimum absolute atomic E-state index is 0.0654. The Morgan fingerprint density at radius 1 is 1.38 bits per heavy atom. The van der Waals surface area contributed by atoms with Crippen LogP contribution < -0.4 is 16.0 Å². The summed E-state index contributed by atoms with van der Waals surface area (Å²) < 4.78 is 0. The molecule has 1 heterocycles. The second-order valence-electron chi connectivity index (χ2n) is 5.06. The Morgan fingerprint density at radius 3 is 2.81 bits per heavy atom. The van der Waals surface area contributed by atoms with Crippen LogP contribution in [0, 0.1) is 0 Å². The quantitative estimate of drug-likeness (QED) is 0.634. The van der Waals surface area contributed by atoms with E-state index in [9.17, 15) is 4.79 Å². The molecule has 0 aromatic carbocycles. The van der Waals surface area contributed by atoms with Gasteiger partial charge in [-0.25, -0.2) is 0 Å². The van der Waals surface area contributed by atoms with Crippen molar-refractivity contribution in [3.05, 3.63) is 0 Å². The molecular formula is C12H23N3O. The van der Waals surface area contributed by atoms with Gasteiger partial charge in [-0.3, -0.25) is 4.79 Å². The monoisotopic (exact) mass is 225 g/mol. The molecule has 1 saturated heterocycles. The third-order valence-electron chi connectivity index (χ3n) is 3.40. The number of carbonyl (C=O) groups excluding carboxylic acids is 1. The molecule has 16 heavy (non-hydrogen) atoms. The second kappa shape index (κ2) is 5.64. The second-order valence-corrected chi connectivity index (χ2v) is 5.06. The molecule has 0 bridgehead atoms. The van der Waals surface area contributed by atoms with Crippen LogP contribution in [0.5, 0.6) is 0 Å². The molecule has 3 N–H and O–H groups in total. The zero-order valence-electron chi connectivity index (χ0n) is 10.1. The van der Waals surface area contributed by atoms with E-state index in [0.717, 1.165) is 25.9 Å². The fourth-order valence-electron chi connectivity index (χ4n) is 2.06. The lowest BCUT2D eigenvalue weighted by Gasteiger charge is -2.25. The van der Waals surface area contributed by atoms with E-state index >= 15 is 0 Å². The highest BCUT2D eigenvalue weighted by atomic mass is 16.2. The van der Waals surface area contributed by atoms with E-state index in [-0.39, 0.29) is 11.9 Å². The molecule has 0 radical (unpaired) electrons. The molecule has 0 spiro atoms. The third-order valence-corrected chi connectivity index (χ3v) is 3.40. The van der Waals surface area contributed by atoms with Crippen molar-refractivity contribution in [3.63, 3.8) is 0 Å². The summed E-state index contributed by atoms with van der Waals surface area (Å²) in [5.74, 6) is 0.151. The normalized spacial score (nSPS) is 27.4. The van der Waals surface area contributed by atoms with E-state index < -0.39 is 0 Å². The first kappa shape index (κ1) is 11.9. The van der Waals surface area contributed by atoms with Crippen LogP contribution >= 0.6 is 0 Å². The number of amides is 1. The number of hydrogen-bond acceptors (Lipinski definition) is 3. The van der Waals surface area contributed by atoms with Crippen molar-refractivity contribution in [2.75, 3.05) is 13.1 Å². The van der Waals surface area contributed by atoms with E-state index in [4.69, 9.17) is 0 Å². The summed E-state index contributed by atoms with van der Waals surface area (Å²) in [5.41, 5.74) is 0. The van der Waals surface area contributed by atoms with Gasteiger partial charge in [-0.2, -0.15) is 0 Å². The highest BCUT2D eigenvalue weighted by Gasteiger charge is 2.25. The first-order chi connectivity index (χ1) is 7.75. The average Bonchev–Trinajstić information content (AvgIpc) is 3.11. The minimum Gasteiger partial charge on any atom is -0.352 e. The van der Waals surface area contributed by atoms with E-state index in [1.165, 1.54) is 19.3 Å². The molecule has 0 aromatic heterocycles. The molecule has 4 heteroatoms. The van der Waals surface area contributed by atoms with Gasteiger partial charge in [0.25, 0.3) is 0 Å². The molecule has 2 unspecified atom stereocenters. The van der Waals surface area contributed by atoms with Crippen molar-refractivity contribution in [1.82, 2.24) is 16.0 Å². The van der Waals surface area contributed by atoms with E-state index in [1.54, 1.807) is 0 Å². The molecule has 1 aliphatic heterocycles. The Bertz CT molecular complexity index is 234. The van der Waals surface area contributed by atoms with Gasteiger partial charge in [-0.1, -0.05) is 6.42 Å². The molecule has 1 saturated carbocycles. The van der Waals surface area contributed by atoms with Crippen molar-refractivity contribution < 1.29 is 4.79 Å². The van der Waals surface area contributed by atoms with Crippen molar-refractivity contribution >= 4 is 5.91 Å². The molecule has 1 amide bonds. The van der Waals surface area contributed by atoms with Gasteiger partial charge in [0.1, 0.15) is 0 Å². The Hall–Kier alpha value is -0.610. The molecule has 92 valence electrons. The van der Waals surface area contributed by atoms with Crippen molar-refractivity contribution in [2.45, 2.75) is 57.2 Å². The zero-order chi connectivity index (χ0) is 11.4. The van der Waals surface area contributed by atoms with Crippen molar-refractivity contribution in [2.24, 2.45) is 0 Å². The molecule has 2 rings (SSSR count). The van der Waals surface area contributed by atoms with Crippen molar-refractivity contribution in [3.8, 4) is 0 Å². The average molecular weight is 225 g/mol. The summed E-state index contributed by atoms with van der Waals surface area (Å²) in [5, 5.41) is 9.80. The Kier molecular flexibility index (Phi) is 4.18. The lowest BCUT2D eigenvalue weighted by atomic mass is 10.0. The van der Waals surface area contributed by atoms with Gasteiger partial charge >= 0.3 is 0 Å². The van der Waals surface area contributed by atoms with Crippen LogP contribution in [0.25, 0.3) is 0 Å². The molecule has 2 fully saturated rings. The zero-order valence-corrected chi connectivity index (χ0v) is 10.1. The summed E-state index contributed by atoms with van der Waals surface area (Å²) in [7, 11) is 0. The maximum Gasteiger partial charge on any atom is 0.237 e. The van der Waals surface area contributed by atoms with Gasteiger partial charge in [0.05, 0.1) is 6.04 Å². The van der Waals surface area contributed by atoms with E-state index in [1.807, 2.05) is 6.92 Å². The van der Waals surface area contributed by atoms with Crippen LogP contribution in [0.15, 0.2) is 0 Å². The number of nitrogens with one attached hydrogen (secondary N) is 3. The Balaban J connectivity index is 1.61. The first-order valence-electron chi connectivity index (χ1n) is 6.53. The summed E-state index contributed by atoms with van der Waals surface area (Å²) in [6, 6.07) is 0.943. The highest BCUT2D eigenvalue weighted by Crippen LogP contribution is 2.18. The molecule has 4 nitrogen and oxygen atoms in total. The van der Waals surface area contributed by atoms with Gasteiger partial charge in [-0.05, 0) is 39.2 Å². The highest BCUT2D eigenvalue weighted by molar-refractivity contribution is 5.81. The summed E-state index contributed by atoms with van der Waals surface area (Å²) >= 11 is 0. The minimum atomic E-state index is -0.0654. The Labute approximate surface area is 97.6 Å². The maximum absolute atomic E-state index is 11.7. The Morgan fingerprint density at radius 2 is 2.19 bits per heavy atom. The number of rotatable bonds is 5. The maximum atomic E-state index is 11.7. The molecule has 2 aliphatic rings. The fourth-order valence-corrected chi connectivity index (χ4v) is 2.06. The third kappa shape index (κ3) is 3.76. The number of hydrogen-bond donors (Lipinski definition) is 3. The largest absolute Gasteiger partial charge is 0.352 e. The number of carbonyl (C=O) groups is 1. The molecule has 0 aromatic rings.